The third-order valence-electron chi connectivity index (χ3n) is 17.6. The first-order valence-corrected chi connectivity index (χ1v) is 34.4. The highest BCUT2D eigenvalue weighted by atomic mass is 16.8. The summed E-state index contributed by atoms with van der Waals surface area (Å²) in [6.07, 6.45) is 26.8. The molecule has 3 aliphatic rings. The average Bonchev–Trinajstić information content (AvgIpc) is 2.04. The van der Waals surface area contributed by atoms with Gasteiger partial charge in [-0.2, -0.15) is 0 Å². The van der Waals surface area contributed by atoms with Crippen molar-refractivity contribution in [3.05, 3.63) is 12.2 Å². The maximum Gasteiger partial charge on any atom is 0.220 e. The molecule has 0 spiro atoms. The quantitative estimate of drug-likeness (QED) is 0.0201. The van der Waals surface area contributed by atoms with Crippen molar-refractivity contribution in [1.29, 1.82) is 0 Å². The second-order valence-corrected chi connectivity index (χ2v) is 25.0. The summed E-state index contributed by atoms with van der Waals surface area (Å²) in [5, 5.41) is 120. The van der Waals surface area contributed by atoms with Crippen LogP contribution in [-0.4, -0.2) is 193 Å². The summed E-state index contributed by atoms with van der Waals surface area (Å²) in [5.74, 6) is -0.278. The van der Waals surface area contributed by atoms with Gasteiger partial charge in [0, 0.05) is 6.42 Å². The second-order valence-electron chi connectivity index (χ2n) is 25.0. The van der Waals surface area contributed by atoms with E-state index in [-0.39, 0.29) is 18.9 Å². The zero-order valence-corrected chi connectivity index (χ0v) is 52.9. The molecule has 3 heterocycles. The van der Waals surface area contributed by atoms with Gasteiger partial charge in [0.25, 0.3) is 0 Å². The lowest BCUT2D eigenvalue weighted by molar-refractivity contribution is -0.379. The molecule has 0 saturated carbocycles. The third kappa shape index (κ3) is 31.9. The van der Waals surface area contributed by atoms with E-state index in [2.05, 4.69) is 19.2 Å². The largest absolute Gasteiger partial charge is 0.394 e. The highest BCUT2D eigenvalue weighted by molar-refractivity contribution is 5.76. The summed E-state index contributed by atoms with van der Waals surface area (Å²) < 4.78 is 34.2. The summed E-state index contributed by atoms with van der Waals surface area (Å²) in [5.41, 5.74) is 0. The van der Waals surface area contributed by atoms with Crippen LogP contribution in [-0.2, 0) is 33.2 Å². The molecule has 0 aromatic heterocycles. The number of rotatable bonds is 53. The molecule has 0 aromatic rings. The number of carbonyl (C=O) groups excluding carboxylic acids is 1. The Kier molecular flexibility index (Phi) is 45.1. The maximum atomic E-state index is 13.2. The molecule has 3 rings (SSSR count). The van der Waals surface area contributed by atoms with Crippen molar-refractivity contribution in [3.8, 4) is 0 Å². The SMILES string of the molecule is CCCCCCCCCCCCCCCCCCCCCCCCCCCCCCCC/C=C/C(O)C(COC1OC(CO)C(OC2OC(CO)C(OC3OC(CO)C(O)C(O)C3O)C(O)C2O)C(O)C1O)NC(=O)CCCCCCCCCC. The van der Waals surface area contributed by atoms with E-state index in [9.17, 15) is 61.0 Å². The minimum Gasteiger partial charge on any atom is -0.394 e. The molecule has 12 N–H and O–H groups in total. The molecule has 17 unspecified atom stereocenters. The van der Waals surface area contributed by atoms with E-state index in [1.165, 1.54) is 199 Å². The minimum absolute atomic E-state index is 0.246. The van der Waals surface area contributed by atoms with Crippen LogP contribution in [0.5, 0.6) is 0 Å². The molecule has 0 aromatic carbocycles. The zero-order valence-electron chi connectivity index (χ0n) is 52.9. The Hall–Kier alpha value is -1.47. The van der Waals surface area contributed by atoms with Crippen molar-refractivity contribution >= 4 is 5.91 Å². The lowest BCUT2D eigenvalue weighted by Crippen LogP contribution is -2.66. The van der Waals surface area contributed by atoms with Gasteiger partial charge in [0.1, 0.15) is 73.2 Å². The minimum atomic E-state index is -1.97. The van der Waals surface area contributed by atoms with Crippen molar-refractivity contribution in [1.82, 2.24) is 5.32 Å². The summed E-state index contributed by atoms with van der Waals surface area (Å²) in [4.78, 5) is 13.2. The molecule has 19 heteroatoms. The maximum absolute atomic E-state index is 13.2. The Morgan fingerprint density at radius 3 is 1.11 bits per heavy atom. The third-order valence-corrected chi connectivity index (χ3v) is 17.6. The van der Waals surface area contributed by atoms with Gasteiger partial charge in [-0.15, -0.1) is 0 Å². The Bertz CT molecular complexity index is 1600. The molecule has 85 heavy (non-hydrogen) atoms. The smallest absolute Gasteiger partial charge is 0.220 e. The number of nitrogens with one attached hydrogen (secondary N) is 1. The van der Waals surface area contributed by atoms with Crippen molar-refractivity contribution in [2.75, 3.05) is 26.4 Å². The molecular weight excluding hydrogens is 1090 g/mol. The Labute approximate surface area is 512 Å². The Morgan fingerprint density at radius 1 is 0.412 bits per heavy atom. The van der Waals surface area contributed by atoms with Crippen LogP contribution in [0.3, 0.4) is 0 Å². The molecule has 1 amide bonds. The van der Waals surface area contributed by atoms with Crippen LogP contribution in [0.2, 0.25) is 0 Å². The fourth-order valence-corrected chi connectivity index (χ4v) is 12.0. The molecule has 0 aliphatic carbocycles. The van der Waals surface area contributed by atoms with Crippen LogP contribution in [0.25, 0.3) is 0 Å². The van der Waals surface area contributed by atoms with Gasteiger partial charge in [-0.3, -0.25) is 4.79 Å². The average molecular weight is 1220 g/mol. The van der Waals surface area contributed by atoms with Gasteiger partial charge in [0.05, 0.1) is 38.6 Å². The molecule has 3 aliphatic heterocycles. The van der Waals surface area contributed by atoms with Crippen molar-refractivity contribution < 1.29 is 89.4 Å². The van der Waals surface area contributed by atoms with E-state index in [0.29, 0.717) is 6.42 Å². The number of ether oxygens (including phenoxy) is 6. The number of aliphatic hydroxyl groups excluding tert-OH is 11. The van der Waals surface area contributed by atoms with E-state index in [1.54, 1.807) is 6.08 Å². The van der Waals surface area contributed by atoms with Gasteiger partial charge in [-0.1, -0.05) is 257 Å². The summed E-state index contributed by atoms with van der Waals surface area (Å²) in [6.45, 7) is 1.71. The first kappa shape index (κ1) is 77.8. The van der Waals surface area contributed by atoms with E-state index in [1.807, 2.05) is 6.08 Å². The van der Waals surface area contributed by atoms with E-state index in [0.717, 1.165) is 44.9 Å². The van der Waals surface area contributed by atoms with Crippen LogP contribution >= 0.6 is 0 Å². The topological polar surface area (TPSA) is 307 Å². The monoisotopic (exact) mass is 1220 g/mol. The molecule has 0 radical (unpaired) electrons. The van der Waals surface area contributed by atoms with E-state index >= 15 is 0 Å². The van der Waals surface area contributed by atoms with Gasteiger partial charge in [0.2, 0.25) is 5.91 Å². The fourth-order valence-electron chi connectivity index (χ4n) is 12.0. The molecule has 3 fully saturated rings. The van der Waals surface area contributed by atoms with Gasteiger partial charge < -0.3 is 89.9 Å². The van der Waals surface area contributed by atoms with Crippen LogP contribution in [0.15, 0.2) is 12.2 Å². The number of amides is 1. The van der Waals surface area contributed by atoms with Gasteiger partial charge in [0.15, 0.2) is 18.9 Å². The molecule has 3 saturated heterocycles. The molecule has 0 bridgehead atoms. The van der Waals surface area contributed by atoms with Crippen molar-refractivity contribution in [3.63, 3.8) is 0 Å². The summed E-state index contributed by atoms with van der Waals surface area (Å²) in [7, 11) is 0. The molecular formula is C66H125NO18. The highest BCUT2D eigenvalue weighted by Gasteiger charge is 2.53. The predicted molar refractivity (Wildman–Crippen MR) is 328 cm³/mol. The number of allylic oxidation sites excluding steroid dienone is 1. The van der Waals surface area contributed by atoms with Crippen LogP contribution in [0.1, 0.15) is 271 Å². The number of carbonyl (C=O) groups is 1. The molecule has 502 valence electrons. The van der Waals surface area contributed by atoms with Crippen molar-refractivity contribution in [2.24, 2.45) is 0 Å². The highest BCUT2D eigenvalue weighted by Crippen LogP contribution is 2.33. The normalized spacial score (nSPS) is 29.0. The van der Waals surface area contributed by atoms with Crippen LogP contribution in [0, 0.1) is 0 Å². The first-order valence-electron chi connectivity index (χ1n) is 34.4. The predicted octanol–water partition coefficient (Wildman–Crippen LogP) is 8.50. The van der Waals surface area contributed by atoms with Crippen molar-refractivity contribution in [2.45, 2.75) is 375 Å². The standard InChI is InChI=1S/C66H125NO18/c1-3-5-7-9-11-13-14-15-16-17-18-19-20-21-22-23-24-25-26-27-28-29-30-31-32-33-34-35-36-37-39-41-43-50(71)49(67-54(72)44-42-40-38-12-10-8-6-4-2)48-80-64-60(78)57(75)62(52(46-69)82-64)85-66-61(79)58(76)63(53(47-70)83-66)84-65-59(77)56(74)55(73)51(45-68)81-65/h41,43,49-53,55-66,68-71,73-79H,3-40,42,44-48H2,1-2H3,(H,67,72)/b43-41+. The van der Waals surface area contributed by atoms with Crippen LogP contribution in [0.4, 0.5) is 0 Å². The van der Waals surface area contributed by atoms with Gasteiger partial charge in [-0.25, -0.2) is 0 Å². The second kappa shape index (κ2) is 49.3. The fraction of sp³-hybridized carbons (Fsp3) is 0.955. The Morgan fingerprint density at radius 2 is 0.729 bits per heavy atom. The first-order chi connectivity index (χ1) is 41.3. The van der Waals surface area contributed by atoms with E-state index < -0.39 is 124 Å². The van der Waals surface area contributed by atoms with Gasteiger partial charge in [-0.05, 0) is 19.3 Å². The summed E-state index contributed by atoms with van der Waals surface area (Å²) in [6, 6.07) is -0.966. The number of hydrogen-bond acceptors (Lipinski definition) is 18. The number of hydrogen-bond donors (Lipinski definition) is 12. The molecule has 17 atom stereocenters. The number of unbranched alkanes of at least 4 members (excludes halogenated alkanes) is 37. The zero-order chi connectivity index (χ0) is 61.9. The lowest BCUT2D eigenvalue weighted by Gasteiger charge is -2.48. The van der Waals surface area contributed by atoms with E-state index in [4.69, 9.17) is 28.4 Å². The van der Waals surface area contributed by atoms with Crippen LogP contribution < -0.4 is 5.32 Å². The Balaban J connectivity index is 1.34. The van der Waals surface area contributed by atoms with Gasteiger partial charge >= 0.3 is 0 Å². The summed E-state index contributed by atoms with van der Waals surface area (Å²) >= 11 is 0. The molecule has 19 nitrogen and oxygen atoms in total. The number of aliphatic hydroxyl groups is 11. The lowest BCUT2D eigenvalue weighted by atomic mass is 9.96.